The summed E-state index contributed by atoms with van der Waals surface area (Å²) in [4.78, 5) is 0. The fourth-order valence-electron chi connectivity index (χ4n) is 3.31. The Morgan fingerprint density at radius 3 is 1.36 bits per heavy atom. The number of benzene rings is 2. The molecule has 0 aliphatic rings. The van der Waals surface area contributed by atoms with E-state index in [4.69, 9.17) is 23.2 Å². The molecule has 2 aromatic carbocycles. The number of alkyl halides is 15. The molecule has 1 atom stereocenters. The summed E-state index contributed by atoms with van der Waals surface area (Å²) in [5.41, 5.74) is -19.6. The smallest absolute Gasteiger partial charge is 0.369 e. The summed E-state index contributed by atoms with van der Waals surface area (Å²) >= 11 is 16.1. The van der Waals surface area contributed by atoms with Gasteiger partial charge in [-0.15, -0.1) is 0 Å². The van der Waals surface area contributed by atoms with Crippen molar-refractivity contribution in [2.24, 2.45) is 0 Å². The molecule has 1 nitrogen and oxygen atoms in total. The van der Waals surface area contributed by atoms with Crippen LogP contribution in [0, 0.1) is 0 Å². The van der Waals surface area contributed by atoms with Crippen molar-refractivity contribution in [2.75, 3.05) is 0 Å². The van der Waals surface area contributed by atoms with Crippen molar-refractivity contribution in [2.45, 2.75) is 41.9 Å². The first-order valence-corrected chi connectivity index (χ1v) is 11.5. The lowest BCUT2D eigenvalue weighted by Crippen LogP contribution is -2.59. The van der Waals surface area contributed by atoms with Gasteiger partial charge < -0.3 is 5.11 Å². The van der Waals surface area contributed by atoms with Gasteiger partial charge in [-0.3, -0.25) is 0 Å². The molecule has 2 aromatic rings. The van der Waals surface area contributed by atoms with Crippen LogP contribution in [0.25, 0.3) is 11.1 Å². The lowest BCUT2D eigenvalue weighted by atomic mass is 9.83. The number of aliphatic hydroxyl groups is 1. The van der Waals surface area contributed by atoms with E-state index in [9.17, 15) is 71.0 Å². The van der Waals surface area contributed by atoms with Crippen LogP contribution in [-0.4, -0.2) is 35.7 Å². The van der Waals surface area contributed by atoms with Crippen LogP contribution in [-0.2, 0) is 11.3 Å². The van der Waals surface area contributed by atoms with Crippen molar-refractivity contribution in [3.05, 3.63) is 54.4 Å². The molecule has 1 unspecified atom stereocenters. The minimum atomic E-state index is -7.17. The first kappa shape index (κ1) is 34.1. The number of hydrogen-bond acceptors (Lipinski definition) is 1. The largest absolute Gasteiger partial charge is 0.457 e. The fourth-order valence-corrected chi connectivity index (χ4v) is 5.40. The predicted molar refractivity (Wildman–Crippen MR) is 113 cm³/mol. The monoisotopic (exact) mass is 762 g/mol. The zero-order valence-corrected chi connectivity index (χ0v) is 22.1. The molecule has 220 valence electrons. The highest BCUT2D eigenvalue weighted by molar-refractivity contribution is 9.11. The molecule has 2 rings (SSSR count). The lowest BCUT2D eigenvalue weighted by Gasteiger charge is -2.37. The third-order valence-corrected chi connectivity index (χ3v) is 6.90. The topological polar surface area (TPSA) is 20.2 Å². The third kappa shape index (κ3) is 5.32. The molecule has 0 radical (unpaired) electrons. The second kappa shape index (κ2) is 10.0. The van der Waals surface area contributed by atoms with Crippen LogP contribution < -0.4 is 0 Å². The lowest BCUT2D eigenvalue weighted by molar-refractivity contribution is -0.389. The van der Waals surface area contributed by atoms with Crippen LogP contribution in [0.15, 0.2) is 33.2 Å². The summed E-state index contributed by atoms with van der Waals surface area (Å²) in [5.74, 6) is -7.17. The number of halogens is 19. The van der Waals surface area contributed by atoms with E-state index in [-0.39, 0.29) is 6.07 Å². The van der Waals surface area contributed by atoms with Gasteiger partial charge in [0.1, 0.15) is 0 Å². The minimum absolute atomic E-state index is 0.0632. The van der Waals surface area contributed by atoms with Crippen molar-refractivity contribution < 1.29 is 71.0 Å². The summed E-state index contributed by atoms with van der Waals surface area (Å²) in [6.45, 7) is 0. The Morgan fingerprint density at radius 2 is 1.00 bits per heavy atom. The number of hydrogen-bond donors (Lipinski definition) is 1. The van der Waals surface area contributed by atoms with Gasteiger partial charge in [0, 0.05) is 41.2 Å². The van der Waals surface area contributed by atoms with Crippen LogP contribution in [0.5, 0.6) is 0 Å². The maximum absolute atomic E-state index is 14.9. The minimum Gasteiger partial charge on any atom is -0.369 e. The highest BCUT2D eigenvalue weighted by atomic mass is 79.9. The highest BCUT2D eigenvalue weighted by Crippen LogP contribution is 2.60. The van der Waals surface area contributed by atoms with Gasteiger partial charge in [-0.05, 0) is 24.3 Å². The summed E-state index contributed by atoms with van der Waals surface area (Å²) in [7, 11) is 0. The van der Waals surface area contributed by atoms with E-state index in [0.717, 1.165) is 0 Å². The molecule has 39 heavy (non-hydrogen) atoms. The average Bonchev–Trinajstić information content (AvgIpc) is 2.69. The van der Waals surface area contributed by atoms with E-state index in [2.05, 4.69) is 31.9 Å². The van der Waals surface area contributed by atoms with Crippen molar-refractivity contribution in [1.82, 2.24) is 0 Å². The van der Waals surface area contributed by atoms with Crippen LogP contribution in [0.1, 0.15) is 11.1 Å². The Hall–Kier alpha value is -1.11. The van der Waals surface area contributed by atoms with E-state index in [1.54, 1.807) is 0 Å². The van der Waals surface area contributed by atoms with Crippen LogP contribution in [0.4, 0.5) is 65.9 Å². The molecule has 1 N–H and O–H groups in total. The second-order valence-corrected chi connectivity index (χ2v) is 10.1. The van der Waals surface area contributed by atoms with Crippen LogP contribution in [0.3, 0.4) is 0 Å². The second-order valence-electron chi connectivity index (χ2n) is 7.56. The summed E-state index contributed by atoms with van der Waals surface area (Å²) in [5, 5.41) is 7.48. The van der Waals surface area contributed by atoms with E-state index in [0.29, 0.717) is 6.07 Å². The molecule has 0 aliphatic heterocycles. The van der Waals surface area contributed by atoms with Crippen molar-refractivity contribution in [3.63, 3.8) is 0 Å². The Bertz CT molecular complexity index is 1230. The van der Waals surface area contributed by atoms with Crippen molar-refractivity contribution in [1.29, 1.82) is 0 Å². The van der Waals surface area contributed by atoms with Crippen LogP contribution >= 0.6 is 55.1 Å². The maximum atomic E-state index is 14.9. The first-order valence-electron chi connectivity index (χ1n) is 9.12. The molecule has 0 heterocycles. The van der Waals surface area contributed by atoms with E-state index in [1.165, 1.54) is 0 Å². The van der Waals surface area contributed by atoms with Crippen molar-refractivity contribution in [3.8, 4) is 11.1 Å². The van der Waals surface area contributed by atoms with Gasteiger partial charge in [-0.1, -0.05) is 55.1 Å². The summed E-state index contributed by atoms with van der Waals surface area (Å²) < 4.78 is 201. The Labute approximate surface area is 233 Å². The third-order valence-electron chi connectivity index (χ3n) is 5.13. The van der Waals surface area contributed by atoms with E-state index in [1.807, 2.05) is 0 Å². The quantitative estimate of drug-likeness (QED) is 0.308. The molecular formula is C19H5Br2Cl2F15O. The van der Waals surface area contributed by atoms with Gasteiger partial charge in [-0.2, -0.15) is 61.5 Å². The molecule has 0 spiro atoms. The average molecular weight is 765 g/mol. The molecule has 0 saturated heterocycles. The highest BCUT2D eigenvalue weighted by Gasteiger charge is 2.82. The summed E-state index contributed by atoms with van der Waals surface area (Å²) in [6.07, 6.45) is -27.2. The van der Waals surface area contributed by atoms with Gasteiger partial charge in [0.2, 0.25) is 0 Å². The zero-order chi connectivity index (χ0) is 30.9. The predicted octanol–water partition coefficient (Wildman–Crippen LogP) is 10.4. The van der Waals surface area contributed by atoms with Gasteiger partial charge in [0.15, 0.2) is 0 Å². The normalized spacial score (nSPS) is 15.9. The molecule has 20 heteroatoms. The number of rotatable bonds is 4. The fraction of sp³-hybridized carbons (Fsp3) is 0.368. The standard InChI is InChI=1S/C19H5Br2Cl2F15O/c20-8-1-5(13(24,16(27,28)29)15(25,26)19(36,37)38)2-10(23)12(8)11-7(3-6(22)4-9(11)21)14(39,17(30,31)32)18(33,34)35/h1-4,39H. The molecule has 0 aliphatic carbocycles. The Balaban J connectivity index is 3.09. The molecule has 0 aromatic heterocycles. The van der Waals surface area contributed by atoms with Gasteiger partial charge in [-0.25, -0.2) is 4.39 Å². The molecule has 0 fully saturated rings. The molecular weight excluding hydrogens is 760 g/mol. The zero-order valence-electron chi connectivity index (χ0n) is 17.4. The van der Waals surface area contributed by atoms with Gasteiger partial charge in [0.05, 0.1) is 0 Å². The summed E-state index contributed by atoms with van der Waals surface area (Å²) in [6, 6.07) is -0.345. The van der Waals surface area contributed by atoms with E-state index < -0.39 is 95.3 Å². The first-order chi connectivity index (χ1) is 17.1. The van der Waals surface area contributed by atoms with E-state index >= 15 is 0 Å². The SMILES string of the molecule is OC(c1cc(Cl)cc(Br)c1-c1c(Cl)cc(C(F)(C(F)(F)F)C(F)(F)C(F)(F)F)cc1Br)(C(F)(F)F)C(F)(F)F. The molecule has 0 amide bonds. The Morgan fingerprint density at radius 1 is 0.564 bits per heavy atom. The van der Waals surface area contributed by atoms with Crippen LogP contribution in [0.2, 0.25) is 10.0 Å². The molecule has 0 saturated carbocycles. The molecule has 0 bridgehead atoms. The van der Waals surface area contributed by atoms with Gasteiger partial charge in [0.25, 0.3) is 5.60 Å². The Kier molecular flexibility index (Phi) is 8.75. The van der Waals surface area contributed by atoms with Gasteiger partial charge >= 0.3 is 36.3 Å². The maximum Gasteiger partial charge on any atom is 0.457 e. The van der Waals surface area contributed by atoms with Crippen molar-refractivity contribution >= 4 is 55.1 Å².